The van der Waals surface area contributed by atoms with E-state index in [1.807, 2.05) is 0 Å². The van der Waals surface area contributed by atoms with E-state index in [-0.39, 0.29) is 0 Å². The number of piperidine rings is 1. The van der Waals surface area contributed by atoms with Crippen LogP contribution in [0.5, 0.6) is 5.75 Å². The first-order valence-corrected chi connectivity index (χ1v) is 5.81. The van der Waals surface area contributed by atoms with Crippen molar-refractivity contribution in [1.82, 2.24) is 5.32 Å². The second-order valence-corrected chi connectivity index (χ2v) is 4.69. The molecule has 80 valence electrons. The molecular weight excluding hydrogens is 186 g/mol. The molecule has 2 heteroatoms. The molecule has 0 radical (unpaired) electrons. The Morgan fingerprint density at radius 1 is 1.40 bits per heavy atom. The van der Waals surface area contributed by atoms with Crippen molar-refractivity contribution in [3.05, 3.63) is 29.3 Å². The number of rotatable bonds is 0. The molecule has 1 saturated heterocycles. The van der Waals surface area contributed by atoms with E-state index >= 15 is 0 Å². The van der Waals surface area contributed by atoms with Gasteiger partial charge in [0.15, 0.2) is 0 Å². The van der Waals surface area contributed by atoms with Crippen molar-refractivity contribution in [1.29, 1.82) is 0 Å². The number of aryl methyl sites for hydroxylation is 1. The Bertz CT molecular complexity index is 375. The van der Waals surface area contributed by atoms with E-state index in [0.717, 1.165) is 18.9 Å². The third-order valence-electron chi connectivity index (χ3n) is 3.54. The van der Waals surface area contributed by atoms with Crippen molar-refractivity contribution in [2.45, 2.75) is 25.8 Å². The minimum absolute atomic E-state index is 0.531. The quantitative estimate of drug-likeness (QED) is 0.699. The van der Waals surface area contributed by atoms with E-state index in [1.54, 1.807) is 0 Å². The lowest BCUT2D eigenvalue weighted by Crippen LogP contribution is -2.39. The zero-order valence-corrected chi connectivity index (χ0v) is 9.12. The van der Waals surface area contributed by atoms with Crippen LogP contribution in [0.1, 0.15) is 30.0 Å². The summed E-state index contributed by atoms with van der Waals surface area (Å²) in [6.45, 7) is 4.15. The molecule has 2 atom stereocenters. The summed E-state index contributed by atoms with van der Waals surface area (Å²) >= 11 is 0. The van der Waals surface area contributed by atoms with Crippen LogP contribution in [0.25, 0.3) is 0 Å². The van der Waals surface area contributed by atoms with Crippen LogP contribution in [0.15, 0.2) is 18.2 Å². The van der Waals surface area contributed by atoms with Gasteiger partial charge in [-0.1, -0.05) is 12.1 Å². The van der Waals surface area contributed by atoms with Crippen LogP contribution >= 0.6 is 0 Å². The van der Waals surface area contributed by atoms with Crippen LogP contribution < -0.4 is 10.1 Å². The standard InChI is InChI=1S/C13H17NO/c1-9-4-5-11-12(7-9)15-8-10-3-2-6-14-13(10)11/h4-5,7,10,13-14H,2-3,6,8H2,1H3. The summed E-state index contributed by atoms with van der Waals surface area (Å²) in [6, 6.07) is 7.09. The maximum Gasteiger partial charge on any atom is 0.124 e. The van der Waals surface area contributed by atoms with Gasteiger partial charge in [0, 0.05) is 17.5 Å². The Morgan fingerprint density at radius 2 is 2.33 bits per heavy atom. The molecule has 0 bridgehead atoms. The summed E-state index contributed by atoms with van der Waals surface area (Å²) in [4.78, 5) is 0. The van der Waals surface area contributed by atoms with Crippen molar-refractivity contribution in [3.8, 4) is 5.75 Å². The number of hydrogen-bond acceptors (Lipinski definition) is 2. The largest absolute Gasteiger partial charge is 0.493 e. The smallest absolute Gasteiger partial charge is 0.124 e. The van der Waals surface area contributed by atoms with Gasteiger partial charge in [-0.05, 0) is 37.9 Å². The van der Waals surface area contributed by atoms with E-state index in [0.29, 0.717) is 12.0 Å². The third-order valence-corrected chi connectivity index (χ3v) is 3.54. The topological polar surface area (TPSA) is 21.3 Å². The molecule has 1 N–H and O–H groups in total. The Labute approximate surface area is 90.6 Å². The van der Waals surface area contributed by atoms with Crippen LogP contribution in [0, 0.1) is 12.8 Å². The normalized spacial score (nSPS) is 28.9. The van der Waals surface area contributed by atoms with Gasteiger partial charge in [0.25, 0.3) is 0 Å². The van der Waals surface area contributed by atoms with Crippen LogP contribution in [-0.2, 0) is 0 Å². The molecule has 0 saturated carbocycles. The van der Waals surface area contributed by atoms with Crippen molar-refractivity contribution in [2.24, 2.45) is 5.92 Å². The van der Waals surface area contributed by atoms with E-state index in [4.69, 9.17) is 4.74 Å². The van der Waals surface area contributed by atoms with Gasteiger partial charge >= 0.3 is 0 Å². The second kappa shape index (κ2) is 3.53. The predicted molar refractivity (Wildman–Crippen MR) is 60.1 cm³/mol. The fourth-order valence-corrected chi connectivity index (χ4v) is 2.72. The van der Waals surface area contributed by atoms with Gasteiger partial charge in [-0.25, -0.2) is 0 Å². The molecule has 0 aromatic heterocycles. The number of fused-ring (bicyclic) bond motifs is 3. The Hall–Kier alpha value is -1.02. The molecule has 3 rings (SSSR count). The molecule has 15 heavy (non-hydrogen) atoms. The molecule has 1 fully saturated rings. The minimum atomic E-state index is 0.531. The fraction of sp³-hybridized carbons (Fsp3) is 0.538. The van der Waals surface area contributed by atoms with Gasteiger partial charge in [-0.3, -0.25) is 0 Å². The number of hydrogen-bond donors (Lipinski definition) is 1. The lowest BCUT2D eigenvalue weighted by Gasteiger charge is -2.37. The van der Waals surface area contributed by atoms with E-state index in [1.165, 1.54) is 24.0 Å². The van der Waals surface area contributed by atoms with E-state index in [9.17, 15) is 0 Å². The molecule has 2 aliphatic rings. The van der Waals surface area contributed by atoms with Crippen molar-refractivity contribution >= 4 is 0 Å². The van der Waals surface area contributed by atoms with Gasteiger partial charge in [-0.15, -0.1) is 0 Å². The molecule has 2 nitrogen and oxygen atoms in total. The van der Waals surface area contributed by atoms with E-state index < -0.39 is 0 Å². The van der Waals surface area contributed by atoms with Crippen LogP contribution in [0.2, 0.25) is 0 Å². The number of benzene rings is 1. The van der Waals surface area contributed by atoms with Crippen LogP contribution in [0.4, 0.5) is 0 Å². The number of ether oxygens (including phenoxy) is 1. The summed E-state index contributed by atoms with van der Waals surface area (Å²) in [5.74, 6) is 1.76. The highest BCUT2D eigenvalue weighted by molar-refractivity contribution is 5.41. The summed E-state index contributed by atoms with van der Waals surface area (Å²) in [7, 11) is 0. The Morgan fingerprint density at radius 3 is 3.27 bits per heavy atom. The molecular formula is C13H17NO. The van der Waals surface area contributed by atoms with E-state index in [2.05, 4.69) is 30.4 Å². The highest BCUT2D eigenvalue weighted by Gasteiger charge is 2.32. The highest BCUT2D eigenvalue weighted by Crippen LogP contribution is 2.39. The first-order valence-electron chi connectivity index (χ1n) is 5.81. The second-order valence-electron chi connectivity index (χ2n) is 4.69. The zero-order chi connectivity index (χ0) is 10.3. The predicted octanol–water partition coefficient (Wildman–Crippen LogP) is 2.43. The molecule has 1 aromatic carbocycles. The van der Waals surface area contributed by atoms with Crippen LogP contribution in [-0.4, -0.2) is 13.2 Å². The minimum Gasteiger partial charge on any atom is -0.493 e. The third kappa shape index (κ3) is 1.53. The van der Waals surface area contributed by atoms with Crippen molar-refractivity contribution < 1.29 is 4.74 Å². The fourth-order valence-electron chi connectivity index (χ4n) is 2.72. The average Bonchev–Trinajstić information content (AvgIpc) is 2.28. The van der Waals surface area contributed by atoms with Crippen molar-refractivity contribution in [3.63, 3.8) is 0 Å². The van der Waals surface area contributed by atoms with Crippen LogP contribution in [0.3, 0.4) is 0 Å². The van der Waals surface area contributed by atoms with Gasteiger partial charge in [-0.2, -0.15) is 0 Å². The molecule has 0 amide bonds. The molecule has 1 aromatic rings. The summed E-state index contributed by atoms with van der Waals surface area (Å²) < 4.78 is 5.83. The first-order chi connectivity index (χ1) is 7.34. The molecule has 0 aliphatic carbocycles. The van der Waals surface area contributed by atoms with Gasteiger partial charge in [0.05, 0.1) is 6.61 Å². The SMILES string of the molecule is Cc1ccc2c(c1)OCC1CCCNC21. The Balaban J connectivity index is 1.99. The maximum atomic E-state index is 5.83. The average molecular weight is 203 g/mol. The zero-order valence-electron chi connectivity index (χ0n) is 9.12. The maximum absolute atomic E-state index is 5.83. The molecule has 0 spiro atoms. The van der Waals surface area contributed by atoms with Gasteiger partial charge < -0.3 is 10.1 Å². The molecule has 2 unspecified atom stereocenters. The summed E-state index contributed by atoms with van der Waals surface area (Å²) in [6.07, 6.45) is 2.58. The number of nitrogens with one attached hydrogen (secondary N) is 1. The molecule has 2 aliphatic heterocycles. The summed E-state index contributed by atoms with van der Waals surface area (Å²) in [5.41, 5.74) is 2.64. The monoisotopic (exact) mass is 203 g/mol. The highest BCUT2D eigenvalue weighted by atomic mass is 16.5. The van der Waals surface area contributed by atoms with Gasteiger partial charge in [0.2, 0.25) is 0 Å². The van der Waals surface area contributed by atoms with Gasteiger partial charge in [0.1, 0.15) is 5.75 Å². The lowest BCUT2D eigenvalue weighted by atomic mass is 9.84. The first kappa shape index (κ1) is 9.22. The molecule has 2 heterocycles. The van der Waals surface area contributed by atoms with Crippen molar-refractivity contribution in [2.75, 3.05) is 13.2 Å². The Kier molecular flexibility index (Phi) is 2.17. The lowest BCUT2D eigenvalue weighted by molar-refractivity contribution is 0.147. The summed E-state index contributed by atoms with van der Waals surface area (Å²) in [5, 5.41) is 3.62.